The van der Waals surface area contributed by atoms with Crippen LogP contribution in [0.3, 0.4) is 0 Å². The molecule has 0 saturated carbocycles. The second-order valence-electron chi connectivity index (χ2n) is 4.55. The summed E-state index contributed by atoms with van der Waals surface area (Å²) in [4.78, 5) is 10.7. The maximum Gasteiger partial charge on any atom is 0.332 e. The highest BCUT2D eigenvalue weighted by atomic mass is 16.2. The lowest BCUT2D eigenvalue weighted by atomic mass is 9.86. The Morgan fingerprint density at radius 1 is 1.25 bits per heavy atom. The summed E-state index contributed by atoms with van der Waals surface area (Å²) in [6.45, 7) is 6.09. The molecule has 1 aromatic carbocycles. The third-order valence-corrected chi connectivity index (χ3v) is 2.04. The number of hydrogen-bond acceptors (Lipinski definition) is 2. The largest absolute Gasteiger partial charge is 0.350 e. The zero-order valence-electron chi connectivity index (χ0n) is 9.82. The van der Waals surface area contributed by atoms with Crippen molar-refractivity contribution in [3.8, 4) is 0 Å². The summed E-state index contributed by atoms with van der Waals surface area (Å²) < 4.78 is 0. The van der Waals surface area contributed by atoms with Crippen molar-refractivity contribution < 1.29 is 4.79 Å². The van der Waals surface area contributed by atoms with Gasteiger partial charge in [-0.05, 0) is 5.56 Å². The molecule has 4 nitrogen and oxygen atoms in total. The fourth-order valence-corrected chi connectivity index (χ4v) is 1.37. The number of hydrazone groups is 1. The molecule has 0 aliphatic rings. The van der Waals surface area contributed by atoms with E-state index in [1.54, 1.807) is 0 Å². The molecule has 0 aliphatic carbocycles. The summed E-state index contributed by atoms with van der Waals surface area (Å²) in [5.41, 5.74) is 8.89. The van der Waals surface area contributed by atoms with Gasteiger partial charge in [-0.3, -0.25) is 0 Å². The van der Waals surface area contributed by atoms with E-state index in [9.17, 15) is 4.79 Å². The molecule has 0 aliphatic heterocycles. The smallest absolute Gasteiger partial charge is 0.332 e. The lowest BCUT2D eigenvalue weighted by Crippen LogP contribution is -2.30. The molecule has 0 radical (unpaired) electrons. The second-order valence-corrected chi connectivity index (χ2v) is 4.55. The average Bonchev–Trinajstić information content (AvgIpc) is 2.17. The van der Waals surface area contributed by atoms with Crippen molar-refractivity contribution in [3.05, 3.63) is 35.9 Å². The molecule has 0 fully saturated rings. The van der Waals surface area contributed by atoms with Gasteiger partial charge in [0.15, 0.2) is 0 Å². The third kappa shape index (κ3) is 3.38. The molecule has 0 aromatic heterocycles. The Hall–Kier alpha value is -1.84. The Morgan fingerprint density at radius 2 is 1.81 bits per heavy atom. The van der Waals surface area contributed by atoms with Gasteiger partial charge in [-0.25, -0.2) is 10.2 Å². The van der Waals surface area contributed by atoms with E-state index in [0.29, 0.717) is 0 Å². The number of amides is 2. The minimum atomic E-state index is -0.655. The molecule has 1 rings (SSSR count). The van der Waals surface area contributed by atoms with Crippen LogP contribution in [0.1, 0.15) is 26.3 Å². The molecule has 86 valence electrons. The number of carbonyl (C=O) groups excluding carboxylic acids is 1. The summed E-state index contributed by atoms with van der Waals surface area (Å²) in [5.74, 6) is 0. The van der Waals surface area contributed by atoms with E-state index in [-0.39, 0.29) is 5.41 Å². The van der Waals surface area contributed by atoms with Gasteiger partial charge in [0.1, 0.15) is 0 Å². The molecule has 4 heteroatoms. The summed E-state index contributed by atoms with van der Waals surface area (Å²) in [6.07, 6.45) is 0. The summed E-state index contributed by atoms with van der Waals surface area (Å²) in [7, 11) is 0. The minimum absolute atomic E-state index is 0.163. The van der Waals surface area contributed by atoms with Crippen LogP contribution < -0.4 is 11.2 Å². The molecule has 16 heavy (non-hydrogen) atoms. The van der Waals surface area contributed by atoms with Crippen molar-refractivity contribution in [1.82, 2.24) is 5.43 Å². The lowest BCUT2D eigenvalue weighted by molar-refractivity contribution is 0.249. The van der Waals surface area contributed by atoms with Crippen LogP contribution in [-0.2, 0) is 0 Å². The predicted molar refractivity (Wildman–Crippen MR) is 65.2 cm³/mol. The normalized spacial score (nSPS) is 12.3. The monoisotopic (exact) mass is 219 g/mol. The molecular formula is C12H17N3O. The van der Waals surface area contributed by atoms with Gasteiger partial charge in [0.05, 0.1) is 5.71 Å². The van der Waals surface area contributed by atoms with Gasteiger partial charge in [-0.1, -0.05) is 51.1 Å². The highest BCUT2D eigenvalue weighted by Gasteiger charge is 2.20. The Bertz CT molecular complexity index is 390. The molecular weight excluding hydrogens is 202 g/mol. The van der Waals surface area contributed by atoms with Crippen LogP contribution in [0.2, 0.25) is 0 Å². The van der Waals surface area contributed by atoms with E-state index < -0.39 is 6.03 Å². The molecule has 0 heterocycles. The van der Waals surface area contributed by atoms with Crippen molar-refractivity contribution in [3.63, 3.8) is 0 Å². The zero-order chi connectivity index (χ0) is 12.2. The van der Waals surface area contributed by atoms with Gasteiger partial charge in [0.2, 0.25) is 0 Å². The topological polar surface area (TPSA) is 67.5 Å². The van der Waals surface area contributed by atoms with Gasteiger partial charge in [0, 0.05) is 5.41 Å². The van der Waals surface area contributed by atoms with Crippen molar-refractivity contribution in [1.29, 1.82) is 0 Å². The van der Waals surface area contributed by atoms with E-state index in [2.05, 4.69) is 10.5 Å². The van der Waals surface area contributed by atoms with E-state index >= 15 is 0 Å². The van der Waals surface area contributed by atoms with Gasteiger partial charge in [-0.15, -0.1) is 0 Å². The number of hydrogen-bond donors (Lipinski definition) is 2. The highest BCUT2D eigenvalue weighted by molar-refractivity contribution is 6.04. The number of nitrogens with one attached hydrogen (secondary N) is 1. The molecule has 1 aromatic rings. The molecule has 0 atom stereocenters. The van der Waals surface area contributed by atoms with Gasteiger partial charge in [0.25, 0.3) is 0 Å². The molecule has 2 amide bonds. The number of rotatable bonds is 2. The molecule has 0 spiro atoms. The number of benzene rings is 1. The van der Waals surface area contributed by atoms with Gasteiger partial charge < -0.3 is 5.73 Å². The van der Waals surface area contributed by atoms with Crippen LogP contribution in [0.4, 0.5) is 4.79 Å². The Kier molecular flexibility index (Phi) is 3.66. The van der Waals surface area contributed by atoms with E-state index in [1.807, 2.05) is 51.1 Å². The number of nitrogens with two attached hydrogens (primary N) is 1. The number of nitrogens with zero attached hydrogens (tertiary/aromatic N) is 1. The van der Waals surface area contributed by atoms with Crippen molar-refractivity contribution in [2.24, 2.45) is 16.3 Å². The highest BCUT2D eigenvalue weighted by Crippen LogP contribution is 2.21. The van der Waals surface area contributed by atoms with Crippen molar-refractivity contribution >= 4 is 11.7 Å². The summed E-state index contributed by atoms with van der Waals surface area (Å²) in [5, 5.41) is 4.06. The fourth-order valence-electron chi connectivity index (χ4n) is 1.37. The third-order valence-electron chi connectivity index (χ3n) is 2.04. The number of urea groups is 1. The molecule has 0 bridgehead atoms. The maximum atomic E-state index is 10.7. The molecule has 3 N–H and O–H groups in total. The maximum absolute atomic E-state index is 10.7. The lowest BCUT2D eigenvalue weighted by Gasteiger charge is -2.21. The van der Waals surface area contributed by atoms with Crippen LogP contribution in [-0.4, -0.2) is 11.7 Å². The predicted octanol–water partition coefficient (Wildman–Crippen LogP) is 2.11. The zero-order valence-corrected chi connectivity index (χ0v) is 9.82. The van der Waals surface area contributed by atoms with Crippen LogP contribution in [0.25, 0.3) is 0 Å². The fraction of sp³-hybridized carbons (Fsp3) is 0.333. The number of primary amides is 1. The average molecular weight is 219 g/mol. The summed E-state index contributed by atoms with van der Waals surface area (Å²) >= 11 is 0. The number of carbonyl (C=O) groups is 1. The first-order chi connectivity index (χ1) is 7.41. The second kappa shape index (κ2) is 4.79. The van der Waals surface area contributed by atoms with Gasteiger partial charge in [-0.2, -0.15) is 5.10 Å². The first-order valence-corrected chi connectivity index (χ1v) is 5.10. The van der Waals surface area contributed by atoms with Crippen molar-refractivity contribution in [2.75, 3.05) is 0 Å². The van der Waals surface area contributed by atoms with Crippen LogP contribution in [0, 0.1) is 5.41 Å². The van der Waals surface area contributed by atoms with Crippen LogP contribution in [0.15, 0.2) is 35.4 Å². The SMILES string of the molecule is CC(C)(C)C(=NNC(N)=O)c1ccccc1. The Labute approximate surface area is 95.5 Å². The molecule has 0 unspecified atom stereocenters. The standard InChI is InChI=1S/C12H17N3O/c1-12(2,3)10(14-15-11(13)16)9-7-5-4-6-8-9/h4-8H,1-3H3,(H3,13,15,16). The Morgan fingerprint density at radius 3 is 2.25 bits per heavy atom. The minimum Gasteiger partial charge on any atom is -0.350 e. The van der Waals surface area contributed by atoms with Crippen molar-refractivity contribution in [2.45, 2.75) is 20.8 Å². The van der Waals surface area contributed by atoms with Crippen LogP contribution in [0.5, 0.6) is 0 Å². The Balaban J connectivity index is 3.07. The first kappa shape index (κ1) is 12.2. The quantitative estimate of drug-likeness (QED) is 0.580. The van der Waals surface area contributed by atoms with Gasteiger partial charge >= 0.3 is 6.03 Å². The van der Waals surface area contributed by atoms with E-state index in [0.717, 1.165) is 11.3 Å². The molecule has 0 saturated heterocycles. The van der Waals surface area contributed by atoms with E-state index in [1.165, 1.54) is 0 Å². The first-order valence-electron chi connectivity index (χ1n) is 5.10. The summed E-state index contributed by atoms with van der Waals surface area (Å²) in [6, 6.07) is 9.05. The van der Waals surface area contributed by atoms with Crippen LogP contribution >= 0.6 is 0 Å². The van der Waals surface area contributed by atoms with E-state index in [4.69, 9.17) is 5.73 Å².